The molecule has 0 saturated carbocycles. The van der Waals surface area contributed by atoms with Crippen molar-refractivity contribution >= 4 is 12.0 Å². The van der Waals surface area contributed by atoms with Gasteiger partial charge in [0.1, 0.15) is 6.04 Å². The summed E-state index contributed by atoms with van der Waals surface area (Å²) in [6, 6.07) is -1.25. The number of carbonyl (C=O) groups excluding carboxylic acids is 1. The molecule has 1 aliphatic heterocycles. The van der Waals surface area contributed by atoms with E-state index in [0.717, 1.165) is 12.8 Å². The van der Waals surface area contributed by atoms with E-state index < -0.39 is 18.0 Å². The van der Waals surface area contributed by atoms with Gasteiger partial charge in [-0.15, -0.1) is 0 Å². The highest BCUT2D eigenvalue weighted by atomic mass is 16.5. The summed E-state index contributed by atoms with van der Waals surface area (Å²) in [7, 11) is 0. The largest absolute Gasteiger partial charge is 0.480 e. The number of aliphatic carboxylic acids is 1. The molecule has 1 atom stereocenters. The molecule has 0 spiro atoms. The van der Waals surface area contributed by atoms with Crippen LogP contribution in [0.15, 0.2) is 0 Å². The van der Waals surface area contributed by atoms with Gasteiger partial charge in [-0.05, 0) is 30.6 Å². The van der Waals surface area contributed by atoms with Crippen LogP contribution >= 0.6 is 0 Å². The Hall–Kier alpha value is -1.30. The zero-order chi connectivity index (χ0) is 15.2. The summed E-state index contributed by atoms with van der Waals surface area (Å²) in [5, 5.41) is 14.4. The van der Waals surface area contributed by atoms with Gasteiger partial charge in [0.15, 0.2) is 0 Å². The molecule has 1 rings (SSSR count). The lowest BCUT2D eigenvalue weighted by atomic mass is 9.82. The van der Waals surface area contributed by atoms with Gasteiger partial charge in [0, 0.05) is 19.8 Å². The number of carbonyl (C=O) groups is 2. The molecule has 20 heavy (non-hydrogen) atoms. The lowest BCUT2D eigenvalue weighted by Gasteiger charge is -2.33. The maximum Gasteiger partial charge on any atom is 0.326 e. The molecule has 0 aromatic rings. The average molecular weight is 286 g/mol. The van der Waals surface area contributed by atoms with Gasteiger partial charge in [0.25, 0.3) is 0 Å². The first-order valence-electron chi connectivity index (χ1n) is 7.17. The Kier molecular flexibility index (Phi) is 6.26. The third kappa shape index (κ3) is 5.77. The molecule has 6 heteroatoms. The average Bonchev–Trinajstić information content (AvgIpc) is 2.36. The molecule has 6 nitrogen and oxygen atoms in total. The van der Waals surface area contributed by atoms with Crippen LogP contribution in [0.3, 0.4) is 0 Å². The Labute approximate surface area is 120 Å². The predicted molar refractivity (Wildman–Crippen MR) is 75.6 cm³/mol. The van der Waals surface area contributed by atoms with Crippen molar-refractivity contribution in [3.05, 3.63) is 0 Å². The minimum absolute atomic E-state index is 0.0341. The maximum atomic E-state index is 11.8. The molecule has 1 aliphatic rings. The van der Waals surface area contributed by atoms with Crippen molar-refractivity contribution < 1.29 is 19.4 Å². The Balaban J connectivity index is 2.39. The van der Waals surface area contributed by atoms with Gasteiger partial charge in [-0.2, -0.15) is 0 Å². The van der Waals surface area contributed by atoms with Crippen molar-refractivity contribution in [3.63, 3.8) is 0 Å². The number of rotatable bonds is 6. The molecular formula is C14H26N2O4. The Morgan fingerprint density at radius 1 is 1.30 bits per heavy atom. The van der Waals surface area contributed by atoms with E-state index in [1.807, 2.05) is 13.8 Å². The summed E-state index contributed by atoms with van der Waals surface area (Å²) in [6.07, 6.45) is 2.23. The number of nitrogens with one attached hydrogen (secondary N) is 2. The highest BCUT2D eigenvalue weighted by Crippen LogP contribution is 2.28. The number of ether oxygens (including phenoxy) is 1. The van der Waals surface area contributed by atoms with Gasteiger partial charge < -0.3 is 20.5 Å². The topological polar surface area (TPSA) is 87.7 Å². The third-order valence-electron chi connectivity index (χ3n) is 3.69. The second kappa shape index (κ2) is 7.47. The third-order valence-corrected chi connectivity index (χ3v) is 3.69. The fraction of sp³-hybridized carbons (Fsp3) is 0.857. The van der Waals surface area contributed by atoms with Gasteiger partial charge >= 0.3 is 12.0 Å². The first-order valence-corrected chi connectivity index (χ1v) is 7.17. The second-order valence-electron chi connectivity index (χ2n) is 6.27. The molecule has 0 radical (unpaired) electrons. The van der Waals surface area contributed by atoms with Gasteiger partial charge in [0.05, 0.1) is 0 Å². The van der Waals surface area contributed by atoms with Crippen LogP contribution in [0.25, 0.3) is 0 Å². The monoisotopic (exact) mass is 286 g/mol. The Morgan fingerprint density at radius 3 is 2.40 bits per heavy atom. The van der Waals surface area contributed by atoms with Crippen molar-refractivity contribution in [2.24, 2.45) is 11.3 Å². The number of carboxylic acid groups (broad SMARTS) is 1. The van der Waals surface area contributed by atoms with E-state index >= 15 is 0 Å². The van der Waals surface area contributed by atoms with Gasteiger partial charge in [-0.1, -0.05) is 20.8 Å². The number of hydrogen-bond acceptors (Lipinski definition) is 3. The summed E-state index contributed by atoms with van der Waals surface area (Å²) in [5.41, 5.74) is 0.0341. The van der Waals surface area contributed by atoms with Crippen LogP contribution < -0.4 is 10.6 Å². The second-order valence-corrected chi connectivity index (χ2v) is 6.27. The highest BCUT2D eigenvalue weighted by molar-refractivity contribution is 5.82. The van der Waals surface area contributed by atoms with E-state index in [4.69, 9.17) is 9.84 Å². The summed E-state index contributed by atoms with van der Waals surface area (Å²) < 4.78 is 5.31. The van der Waals surface area contributed by atoms with Gasteiger partial charge in [-0.25, -0.2) is 9.59 Å². The molecule has 0 bridgehead atoms. The van der Waals surface area contributed by atoms with Crippen molar-refractivity contribution in [2.75, 3.05) is 19.8 Å². The zero-order valence-electron chi connectivity index (χ0n) is 12.6. The van der Waals surface area contributed by atoms with Crippen LogP contribution in [0.4, 0.5) is 4.79 Å². The Morgan fingerprint density at radius 2 is 1.90 bits per heavy atom. The van der Waals surface area contributed by atoms with Crippen molar-refractivity contribution in [2.45, 2.75) is 46.1 Å². The predicted octanol–water partition coefficient (Wildman–Crippen LogP) is 1.60. The number of hydrogen-bond donors (Lipinski definition) is 3. The molecule has 1 fully saturated rings. The van der Waals surface area contributed by atoms with Crippen LogP contribution in [0.1, 0.15) is 40.0 Å². The molecule has 3 N–H and O–H groups in total. The van der Waals surface area contributed by atoms with E-state index in [2.05, 4.69) is 17.6 Å². The molecule has 116 valence electrons. The smallest absolute Gasteiger partial charge is 0.326 e. The van der Waals surface area contributed by atoms with E-state index in [1.165, 1.54) is 0 Å². The molecule has 1 unspecified atom stereocenters. The van der Waals surface area contributed by atoms with Crippen LogP contribution in [-0.4, -0.2) is 42.9 Å². The molecule has 0 aromatic carbocycles. The van der Waals surface area contributed by atoms with Crippen LogP contribution in [0, 0.1) is 11.3 Å². The normalized spacial score (nSPS) is 19.4. The minimum Gasteiger partial charge on any atom is -0.480 e. The highest BCUT2D eigenvalue weighted by Gasteiger charge is 2.28. The van der Waals surface area contributed by atoms with Gasteiger partial charge in [-0.3, -0.25) is 0 Å². The van der Waals surface area contributed by atoms with Crippen LogP contribution in [0.2, 0.25) is 0 Å². The quantitative estimate of drug-likeness (QED) is 0.692. The van der Waals surface area contributed by atoms with E-state index in [0.29, 0.717) is 26.2 Å². The molecule has 0 aromatic heterocycles. The molecule has 2 amide bonds. The summed E-state index contributed by atoms with van der Waals surface area (Å²) in [5.74, 6) is -0.782. The SMILES string of the molecule is CC(C)CC(NC(=O)NCC1(C)CCOCC1)C(=O)O. The number of amides is 2. The minimum atomic E-state index is -0.994. The lowest BCUT2D eigenvalue weighted by Crippen LogP contribution is -2.49. The molecule has 0 aliphatic carbocycles. The van der Waals surface area contributed by atoms with Crippen LogP contribution in [0.5, 0.6) is 0 Å². The number of carboxylic acids is 1. The lowest BCUT2D eigenvalue weighted by molar-refractivity contribution is -0.139. The van der Waals surface area contributed by atoms with Crippen molar-refractivity contribution in [3.8, 4) is 0 Å². The van der Waals surface area contributed by atoms with E-state index in [9.17, 15) is 9.59 Å². The fourth-order valence-electron chi connectivity index (χ4n) is 2.24. The van der Waals surface area contributed by atoms with Crippen molar-refractivity contribution in [1.29, 1.82) is 0 Å². The number of urea groups is 1. The standard InChI is InChI=1S/C14H26N2O4/c1-10(2)8-11(12(17)18)16-13(19)15-9-14(3)4-6-20-7-5-14/h10-11H,4-9H2,1-3H3,(H,17,18)(H2,15,16,19). The molecule has 1 saturated heterocycles. The summed E-state index contributed by atoms with van der Waals surface area (Å²) in [4.78, 5) is 22.9. The first-order chi connectivity index (χ1) is 9.32. The molecular weight excluding hydrogens is 260 g/mol. The van der Waals surface area contributed by atoms with Gasteiger partial charge in [0.2, 0.25) is 0 Å². The van der Waals surface area contributed by atoms with E-state index in [1.54, 1.807) is 0 Å². The maximum absolute atomic E-state index is 11.8. The summed E-state index contributed by atoms with van der Waals surface area (Å²) >= 11 is 0. The van der Waals surface area contributed by atoms with Crippen molar-refractivity contribution in [1.82, 2.24) is 10.6 Å². The van der Waals surface area contributed by atoms with Crippen LogP contribution in [-0.2, 0) is 9.53 Å². The Bertz CT molecular complexity index is 338. The van der Waals surface area contributed by atoms with E-state index in [-0.39, 0.29) is 11.3 Å². The fourth-order valence-corrected chi connectivity index (χ4v) is 2.24. The zero-order valence-corrected chi connectivity index (χ0v) is 12.6. The first kappa shape index (κ1) is 16.8. The molecule has 1 heterocycles. The summed E-state index contributed by atoms with van der Waals surface area (Å²) in [6.45, 7) is 7.93.